The van der Waals surface area contributed by atoms with Crippen molar-refractivity contribution in [2.45, 2.75) is 32.8 Å². The molecule has 2 aromatic carbocycles. The second kappa shape index (κ2) is 9.95. The molecule has 1 amide bonds. The van der Waals surface area contributed by atoms with Gasteiger partial charge in [-0.05, 0) is 54.8 Å². The fourth-order valence-electron chi connectivity index (χ4n) is 3.40. The minimum atomic E-state index is -0.540. The normalized spacial score (nSPS) is 15.5. The van der Waals surface area contributed by atoms with Crippen LogP contribution in [0, 0.1) is 5.82 Å². The summed E-state index contributed by atoms with van der Waals surface area (Å²) in [6.07, 6.45) is -0.915. The number of carbonyl (C=O) groups is 1. The lowest BCUT2D eigenvalue weighted by Crippen LogP contribution is -2.32. The van der Waals surface area contributed by atoms with Crippen molar-refractivity contribution in [1.29, 1.82) is 0 Å². The van der Waals surface area contributed by atoms with Crippen molar-refractivity contribution in [1.82, 2.24) is 5.32 Å². The highest BCUT2D eigenvalue weighted by atomic mass is 32.1. The third-order valence-corrected chi connectivity index (χ3v) is 5.21. The van der Waals surface area contributed by atoms with Crippen molar-refractivity contribution >= 4 is 40.4 Å². The first kappa shape index (κ1) is 23.5. The number of ether oxygens (including phenoxy) is 2. The molecule has 0 aromatic heterocycles. The van der Waals surface area contributed by atoms with Crippen LogP contribution in [0.4, 0.5) is 26.2 Å². The van der Waals surface area contributed by atoms with Gasteiger partial charge < -0.3 is 20.1 Å². The molecule has 1 heterocycles. The highest BCUT2D eigenvalue weighted by Crippen LogP contribution is 2.30. The van der Waals surface area contributed by atoms with Crippen LogP contribution in [0.5, 0.6) is 5.75 Å². The molecule has 0 bridgehead atoms. The van der Waals surface area contributed by atoms with Crippen molar-refractivity contribution in [2.24, 2.45) is 0 Å². The van der Waals surface area contributed by atoms with Crippen LogP contribution in [0.2, 0.25) is 0 Å². The molecule has 0 spiro atoms. The molecule has 0 unspecified atom stereocenters. The second-order valence-corrected chi connectivity index (χ2v) is 8.39. The average molecular weight is 460 g/mol. The van der Waals surface area contributed by atoms with E-state index in [0.29, 0.717) is 29.5 Å². The lowest BCUT2D eigenvalue weighted by atomic mass is 10.0. The Hall–Kier alpha value is -3.20. The van der Waals surface area contributed by atoms with Gasteiger partial charge in [-0.3, -0.25) is 9.69 Å². The highest BCUT2D eigenvalue weighted by Gasteiger charge is 2.32. The third-order valence-electron chi connectivity index (χ3n) is 5.07. The summed E-state index contributed by atoms with van der Waals surface area (Å²) in [7, 11) is 1.43. The zero-order valence-electron chi connectivity index (χ0n) is 18.4. The number of anilines is 3. The van der Waals surface area contributed by atoms with E-state index in [1.165, 1.54) is 24.1 Å². The van der Waals surface area contributed by atoms with Gasteiger partial charge in [0.05, 0.1) is 36.6 Å². The molecule has 1 saturated heterocycles. The Kier molecular flexibility index (Phi) is 7.29. The summed E-state index contributed by atoms with van der Waals surface area (Å²) < 4.78 is 25.4. The maximum absolute atomic E-state index is 15.0. The van der Waals surface area contributed by atoms with Gasteiger partial charge in [-0.2, -0.15) is 0 Å². The van der Waals surface area contributed by atoms with Crippen LogP contribution < -0.4 is 25.7 Å². The Balaban J connectivity index is 1.84. The van der Waals surface area contributed by atoms with Crippen LogP contribution in [-0.4, -0.2) is 37.4 Å². The van der Waals surface area contributed by atoms with E-state index in [9.17, 15) is 14.0 Å². The van der Waals surface area contributed by atoms with Crippen LogP contribution in [-0.2, 0) is 4.74 Å². The molecule has 170 valence electrons. The Bertz CT molecular complexity index is 1090. The maximum atomic E-state index is 15.0. The zero-order chi connectivity index (χ0) is 23.4. The van der Waals surface area contributed by atoms with Crippen LogP contribution in [0.1, 0.15) is 32.3 Å². The summed E-state index contributed by atoms with van der Waals surface area (Å²) in [6, 6.07) is 9.22. The minimum Gasteiger partial charge on any atom is -0.493 e. The number of halogens is 1. The Morgan fingerprint density at radius 2 is 1.97 bits per heavy atom. The van der Waals surface area contributed by atoms with E-state index >= 15 is 0 Å². The molecule has 1 aliphatic heterocycles. The molecule has 0 aliphatic carbocycles. The number of thiocarbonyl (C=S) groups is 1. The summed E-state index contributed by atoms with van der Waals surface area (Å²) in [5.41, 5.74) is 1.69. The lowest BCUT2D eigenvalue weighted by molar-refractivity contribution is 0.143. The van der Waals surface area contributed by atoms with Crippen LogP contribution in [0.25, 0.3) is 0 Å². The van der Waals surface area contributed by atoms with Gasteiger partial charge >= 0.3 is 6.09 Å². The quantitative estimate of drug-likeness (QED) is 0.597. The summed E-state index contributed by atoms with van der Waals surface area (Å²) >= 11 is 4.97. The van der Waals surface area contributed by atoms with Gasteiger partial charge in [0.1, 0.15) is 11.9 Å². The van der Waals surface area contributed by atoms with Crippen molar-refractivity contribution in [3.8, 4) is 5.75 Å². The summed E-state index contributed by atoms with van der Waals surface area (Å²) in [6.45, 7) is 6.33. The van der Waals surface area contributed by atoms with Gasteiger partial charge in [0.25, 0.3) is 0 Å². The number of nitrogens with one attached hydrogen (secondary N) is 2. The van der Waals surface area contributed by atoms with E-state index in [1.807, 2.05) is 13.8 Å². The fourth-order valence-corrected chi connectivity index (χ4v) is 3.49. The van der Waals surface area contributed by atoms with Crippen molar-refractivity contribution in [2.75, 3.05) is 30.4 Å². The number of benzene rings is 1. The standard InChI is InChI=1S/C23H26FN3O4S/c1-13(2)17-10-21(28)22(30-4)8-7-19(17)26-20-6-5-15(9-18(20)24)27-12-16(31-23(27)29)11-25-14(3)32/h5-10,13,16,26H,11-12H2,1-4H3,(H,25,32)/t16-/m0/s1. The smallest absolute Gasteiger partial charge is 0.414 e. The molecule has 9 heteroatoms. The van der Waals surface area contributed by atoms with Gasteiger partial charge in [-0.15, -0.1) is 0 Å². The molecule has 7 nitrogen and oxygen atoms in total. The van der Waals surface area contributed by atoms with Crippen LogP contribution >= 0.6 is 12.2 Å². The predicted octanol–water partition coefficient (Wildman–Crippen LogP) is 4.32. The number of amides is 1. The van der Waals surface area contributed by atoms with Gasteiger partial charge in [0, 0.05) is 5.69 Å². The highest BCUT2D eigenvalue weighted by molar-refractivity contribution is 7.80. The van der Waals surface area contributed by atoms with Gasteiger partial charge in [0.2, 0.25) is 5.43 Å². The number of hydrogen-bond donors (Lipinski definition) is 2. The molecular weight excluding hydrogens is 433 g/mol. The zero-order valence-corrected chi connectivity index (χ0v) is 19.2. The summed E-state index contributed by atoms with van der Waals surface area (Å²) in [4.78, 5) is 26.5. The second-order valence-electron chi connectivity index (χ2n) is 7.78. The van der Waals surface area contributed by atoms with E-state index < -0.39 is 11.9 Å². The molecule has 0 saturated carbocycles. The third kappa shape index (κ3) is 5.34. The number of cyclic esters (lactones) is 1. The van der Waals surface area contributed by atoms with Crippen molar-refractivity contribution in [3.05, 3.63) is 58.0 Å². The fraction of sp³-hybridized carbons (Fsp3) is 0.348. The van der Waals surface area contributed by atoms with Gasteiger partial charge in [-0.1, -0.05) is 26.1 Å². The van der Waals surface area contributed by atoms with Gasteiger partial charge in [0.15, 0.2) is 5.75 Å². The number of carbonyl (C=O) groups excluding carboxylic acids is 1. The Morgan fingerprint density at radius 1 is 1.25 bits per heavy atom. The Morgan fingerprint density at radius 3 is 2.59 bits per heavy atom. The molecule has 1 aliphatic rings. The predicted molar refractivity (Wildman–Crippen MR) is 127 cm³/mol. The number of nitrogens with zero attached hydrogens (tertiary/aromatic N) is 1. The first-order chi connectivity index (χ1) is 15.2. The monoisotopic (exact) mass is 459 g/mol. The maximum Gasteiger partial charge on any atom is 0.414 e. The SMILES string of the molecule is COc1ccc(Nc2ccc(N3C[C@H](CNC(C)=S)OC3=O)cc2F)c(C(C)C)cc1=O. The first-order valence-corrected chi connectivity index (χ1v) is 10.6. The van der Waals surface area contributed by atoms with Crippen LogP contribution in [0.15, 0.2) is 41.2 Å². The Labute approximate surface area is 191 Å². The number of hydrogen-bond acceptors (Lipinski definition) is 6. The average Bonchev–Trinajstić information content (AvgIpc) is 3.03. The topological polar surface area (TPSA) is 79.9 Å². The molecule has 1 fully saturated rings. The molecule has 0 radical (unpaired) electrons. The summed E-state index contributed by atoms with van der Waals surface area (Å²) in [5.74, 6) is -0.316. The molecule has 2 aromatic rings. The molecule has 2 N–H and O–H groups in total. The van der Waals surface area contributed by atoms with Gasteiger partial charge in [-0.25, -0.2) is 9.18 Å². The van der Waals surface area contributed by atoms with E-state index in [4.69, 9.17) is 21.7 Å². The molecular formula is C23H26FN3O4S. The van der Waals surface area contributed by atoms with E-state index in [0.717, 1.165) is 5.56 Å². The lowest BCUT2D eigenvalue weighted by Gasteiger charge is -2.16. The largest absolute Gasteiger partial charge is 0.493 e. The molecule has 3 rings (SSSR count). The van der Waals surface area contributed by atoms with Crippen molar-refractivity contribution < 1.29 is 18.7 Å². The van der Waals surface area contributed by atoms with E-state index in [2.05, 4.69) is 10.6 Å². The number of methoxy groups -OCH3 is 1. The number of rotatable bonds is 7. The molecule has 1 atom stereocenters. The van der Waals surface area contributed by atoms with Crippen molar-refractivity contribution in [3.63, 3.8) is 0 Å². The molecule has 32 heavy (non-hydrogen) atoms. The summed E-state index contributed by atoms with van der Waals surface area (Å²) in [5, 5.41) is 6.03. The minimum absolute atomic E-state index is 0.0190. The van der Waals surface area contributed by atoms with E-state index in [1.54, 1.807) is 31.2 Å². The van der Waals surface area contributed by atoms with E-state index in [-0.39, 0.29) is 28.9 Å². The first-order valence-electron chi connectivity index (χ1n) is 10.2. The van der Waals surface area contributed by atoms with Crippen LogP contribution in [0.3, 0.4) is 0 Å².